The molecule has 0 aliphatic heterocycles. The van der Waals surface area contributed by atoms with Crippen LogP contribution in [-0.2, 0) is 6.54 Å². The number of rotatable bonds is 6. The van der Waals surface area contributed by atoms with Crippen molar-refractivity contribution >= 4 is 15.9 Å². The molecule has 1 atom stereocenters. The molecule has 25 heavy (non-hydrogen) atoms. The van der Waals surface area contributed by atoms with Gasteiger partial charge in [0.25, 0.3) is 0 Å². The van der Waals surface area contributed by atoms with E-state index in [0.717, 1.165) is 21.3 Å². The van der Waals surface area contributed by atoms with Crippen LogP contribution in [0.15, 0.2) is 46.9 Å². The van der Waals surface area contributed by atoms with Crippen LogP contribution >= 0.6 is 15.9 Å². The Morgan fingerprint density at radius 2 is 1.92 bits per heavy atom. The van der Waals surface area contributed by atoms with Gasteiger partial charge >= 0.3 is 0 Å². The Hall–Kier alpha value is -2.25. The van der Waals surface area contributed by atoms with Gasteiger partial charge in [0.15, 0.2) is 0 Å². The van der Waals surface area contributed by atoms with Crippen LogP contribution in [0.4, 0.5) is 0 Å². The molecule has 2 aromatic carbocycles. The molecule has 0 spiro atoms. The van der Waals surface area contributed by atoms with Gasteiger partial charge in [0.1, 0.15) is 18.5 Å². The molecule has 0 bridgehead atoms. The van der Waals surface area contributed by atoms with Crippen molar-refractivity contribution in [2.45, 2.75) is 26.5 Å². The van der Waals surface area contributed by atoms with Crippen molar-refractivity contribution < 1.29 is 9.84 Å². The molecule has 0 saturated heterocycles. The highest BCUT2D eigenvalue weighted by Gasteiger charge is 2.12. The predicted octanol–water partition coefficient (Wildman–Crippen LogP) is 3.16. The van der Waals surface area contributed by atoms with Crippen molar-refractivity contribution in [1.82, 2.24) is 20.2 Å². The molecular formula is C18H19BrN4O2. The van der Waals surface area contributed by atoms with Gasteiger partial charge in [0, 0.05) is 10.0 Å². The van der Waals surface area contributed by atoms with Crippen molar-refractivity contribution in [2.75, 3.05) is 6.61 Å². The first-order chi connectivity index (χ1) is 12.0. The minimum atomic E-state index is -0.729. The number of benzene rings is 2. The largest absolute Gasteiger partial charge is 0.491 e. The summed E-state index contributed by atoms with van der Waals surface area (Å²) < 4.78 is 6.67. The molecule has 1 aromatic heterocycles. The third-order valence-corrected chi connectivity index (χ3v) is 4.22. The fourth-order valence-electron chi connectivity index (χ4n) is 2.42. The molecule has 3 rings (SSSR count). The number of aliphatic hydroxyl groups is 1. The van der Waals surface area contributed by atoms with Gasteiger partial charge in [-0.25, -0.2) is 0 Å². The first-order valence-electron chi connectivity index (χ1n) is 7.93. The maximum Gasteiger partial charge on any atom is 0.204 e. The molecule has 6 nitrogen and oxygen atoms in total. The summed E-state index contributed by atoms with van der Waals surface area (Å²) in [5.74, 6) is 1.29. The summed E-state index contributed by atoms with van der Waals surface area (Å²) in [4.78, 5) is 1.38. The molecule has 0 radical (unpaired) electrons. The van der Waals surface area contributed by atoms with Gasteiger partial charge in [-0.05, 0) is 55.0 Å². The zero-order valence-corrected chi connectivity index (χ0v) is 15.6. The van der Waals surface area contributed by atoms with E-state index in [1.807, 2.05) is 56.3 Å². The average Bonchev–Trinajstić information content (AvgIpc) is 3.03. The molecule has 1 N–H and O–H groups in total. The number of aryl methyl sites for hydroxylation is 2. The molecule has 0 saturated carbocycles. The molecule has 1 heterocycles. The van der Waals surface area contributed by atoms with Crippen molar-refractivity contribution in [2.24, 2.45) is 0 Å². The van der Waals surface area contributed by atoms with Crippen LogP contribution in [0, 0.1) is 13.8 Å². The summed E-state index contributed by atoms with van der Waals surface area (Å²) in [5, 5.41) is 22.5. The third kappa shape index (κ3) is 4.64. The Balaban J connectivity index is 1.58. The summed E-state index contributed by atoms with van der Waals surface area (Å²) >= 11 is 3.39. The summed E-state index contributed by atoms with van der Waals surface area (Å²) in [7, 11) is 0. The van der Waals surface area contributed by atoms with Gasteiger partial charge in [0.05, 0.1) is 6.54 Å². The zero-order valence-electron chi connectivity index (χ0n) is 14.1. The monoisotopic (exact) mass is 402 g/mol. The SMILES string of the molecule is Cc1ccc(OCC(O)Cn2nnc(-c3ccc(Br)cc3)n2)c(C)c1. The van der Waals surface area contributed by atoms with Crippen molar-refractivity contribution in [3.05, 3.63) is 58.1 Å². The molecule has 0 aliphatic rings. The lowest BCUT2D eigenvalue weighted by atomic mass is 10.1. The molecule has 3 aromatic rings. The van der Waals surface area contributed by atoms with Gasteiger partial charge in [-0.2, -0.15) is 4.80 Å². The second-order valence-corrected chi connectivity index (χ2v) is 6.82. The van der Waals surface area contributed by atoms with Crippen LogP contribution in [0.25, 0.3) is 11.4 Å². The van der Waals surface area contributed by atoms with E-state index in [1.165, 1.54) is 10.4 Å². The standard InChI is InChI=1S/C18H19BrN4O2/c1-12-3-8-17(13(2)9-12)25-11-16(24)10-23-21-18(20-22-23)14-4-6-15(19)7-5-14/h3-9,16,24H,10-11H2,1-2H3. The van der Waals surface area contributed by atoms with E-state index in [0.29, 0.717) is 5.82 Å². The first-order valence-corrected chi connectivity index (χ1v) is 8.72. The second kappa shape index (κ2) is 7.76. The van der Waals surface area contributed by atoms with Gasteiger partial charge in [-0.15, -0.1) is 10.2 Å². The lowest BCUT2D eigenvalue weighted by Gasteiger charge is -2.13. The average molecular weight is 403 g/mol. The number of hydrogen-bond donors (Lipinski definition) is 1. The van der Waals surface area contributed by atoms with E-state index in [9.17, 15) is 5.11 Å². The van der Waals surface area contributed by atoms with E-state index < -0.39 is 6.10 Å². The Kier molecular flexibility index (Phi) is 5.45. The van der Waals surface area contributed by atoms with Crippen LogP contribution in [0.5, 0.6) is 5.75 Å². The number of aliphatic hydroxyl groups excluding tert-OH is 1. The summed E-state index contributed by atoms with van der Waals surface area (Å²) in [6.07, 6.45) is -0.729. The van der Waals surface area contributed by atoms with Crippen LogP contribution in [-0.4, -0.2) is 38.0 Å². The second-order valence-electron chi connectivity index (χ2n) is 5.91. The normalized spacial score (nSPS) is 12.2. The van der Waals surface area contributed by atoms with Crippen molar-refractivity contribution in [1.29, 1.82) is 0 Å². The highest BCUT2D eigenvalue weighted by molar-refractivity contribution is 9.10. The van der Waals surface area contributed by atoms with Gasteiger partial charge < -0.3 is 9.84 Å². The number of aromatic nitrogens is 4. The highest BCUT2D eigenvalue weighted by atomic mass is 79.9. The van der Waals surface area contributed by atoms with E-state index >= 15 is 0 Å². The molecule has 7 heteroatoms. The Morgan fingerprint density at radius 3 is 2.64 bits per heavy atom. The fourth-order valence-corrected chi connectivity index (χ4v) is 2.69. The lowest BCUT2D eigenvalue weighted by Crippen LogP contribution is -2.25. The lowest BCUT2D eigenvalue weighted by molar-refractivity contribution is 0.0847. The fraction of sp³-hybridized carbons (Fsp3) is 0.278. The van der Waals surface area contributed by atoms with Gasteiger partial charge in [-0.1, -0.05) is 33.6 Å². The van der Waals surface area contributed by atoms with Crippen LogP contribution in [0.1, 0.15) is 11.1 Å². The summed E-state index contributed by atoms with van der Waals surface area (Å²) in [5.41, 5.74) is 3.09. The van der Waals surface area contributed by atoms with Crippen LogP contribution in [0.2, 0.25) is 0 Å². The molecule has 1 unspecified atom stereocenters. The molecular weight excluding hydrogens is 384 g/mol. The predicted molar refractivity (Wildman–Crippen MR) is 98.4 cm³/mol. The maximum atomic E-state index is 10.2. The molecule has 0 amide bonds. The number of halogens is 1. The molecule has 130 valence electrons. The number of nitrogens with zero attached hydrogens (tertiary/aromatic N) is 4. The van der Waals surface area contributed by atoms with E-state index in [-0.39, 0.29) is 13.2 Å². The minimum absolute atomic E-state index is 0.166. The van der Waals surface area contributed by atoms with E-state index in [2.05, 4.69) is 31.3 Å². The first kappa shape index (κ1) is 17.6. The van der Waals surface area contributed by atoms with Gasteiger partial charge in [0.2, 0.25) is 5.82 Å². The van der Waals surface area contributed by atoms with Crippen molar-refractivity contribution in [3.8, 4) is 17.1 Å². The van der Waals surface area contributed by atoms with Crippen molar-refractivity contribution in [3.63, 3.8) is 0 Å². The summed E-state index contributed by atoms with van der Waals surface area (Å²) in [6.45, 7) is 4.40. The number of hydrogen-bond acceptors (Lipinski definition) is 5. The Labute approximate surface area is 154 Å². The minimum Gasteiger partial charge on any atom is -0.491 e. The van der Waals surface area contributed by atoms with E-state index in [4.69, 9.17) is 4.74 Å². The Bertz CT molecular complexity index is 849. The van der Waals surface area contributed by atoms with Crippen LogP contribution < -0.4 is 4.74 Å². The maximum absolute atomic E-state index is 10.2. The number of tetrazole rings is 1. The number of ether oxygens (including phenoxy) is 1. The van der Waals surface area contributed by atoms with Gasteiger partial charge in [-0.3, -0.25) is 0 Å². The van der Waals surface area contributed by atoms with E-state index in [1.54, 1.807) is 0 Å². The highest BCUT2D eigenvalue weighted by Crippen LogP contribution is 2.19. The summed E-state index contributed by atoms with van der Waals surface area (Å²) in [6, 6.07) is 13.6. The quantitative estimate of drug-likeness (QED) is 0.685. The molecule has 0 fully saturated rings. The van der Waals surface area contributed by atoms with Crippen LogP contribution in [0.3, 0.4) is 0 Å². The zero-order chi connectivity index (χ0) is 17.8. The Morgan fingerprint density at radius 1 is 1.16 bits per heavy atom. The molecule has 0 aliphatic carbocycles. The third-order valence-electron chi connectivity index (χ3n) is 3.69. The topological polar surface area (TPSA) is 73.1 Å². The smallest absolute Gasteiger partial charge is 0.204 e.